The van der Waals surface area contributed by atoms with E-state index in [1.807, 2.05) is 24.0 Å². The van der Waals surface area contributed by atoms with Crippen molar-refractivity contribution in [3.05, 3.63) is 106 Å². The second-order valence-corrected chi connectivity index (χ2v) is 23.9. The lowest BCUT2D eigenvalue weighted by Crippen LogP contribution is -2.63. The molecule has 6 heterocycles. The number of hydrogen-bond donors (Lipinski definition) is 4. The van der Waals surface area contributed by atoms with Gasteiger partial charge in [0.25, 0.3) is 21.6 Å². The predicted octanol–water partition coefficient (Wildman–Crippen LogP) is 8.25. The molecular weight excluding hydrogens is 956 g/mol. The summed E-state index contributed by atoms with van der Waals surface area (Å²) in [4.78, 5) is 40.6. The number of carbonyl (C=O) groups is 1. The van der Waals surface area contributed by atoms with Gasteiger partial charge in [0.15, 0.2) is 0 Å². The molecule has 73 heavy (non-hydrogen) atoms. The van der Waals surface area contributed by atoms with Crippen molar-refractivity contribution in [2.45, 2.75) is 118 Å². The molecule has 0 bridgehead atoms. The third-order valence-corrected chi connectivity index (χ3v) is 18.9. The molecule has 17 nitrogen and oxygen atoms in total. The fourth-order valence-electron chi connectivity index (χ4n) is 13.6. The smallest absolute Gasteiger partial charge is 0.293 e. The minimum Gasteiger partial charge on any atom is -0.468 e. The third-order valence-electron chi connectivity index (χ3n) is 17.6. The standard InChI is InChI=1S/C54H63FN8O9S/c1-33-26-54(41-6-4-3-5-38(33)41)32-71-22-20-61(54)36-27-53(28-36)16-18-60(19-17-53)35-7-9-39(45(23-35)62-44-13-21-70-31-48(44)72-51-47(62)25-40-42(55)30-57-49(40)58-51)50(64)59-73(68,69)37-8-10-43(46(24-37)63(66)67)56-29-34-11-14-52(2,65)15-12-34/h3-10,23-25,30,33-34,36,44,48,56,65H,11-22,26-29,31-32H2,1-2H3,(H,57,58)(H,59,64)/t33-,34?,44+,48+,52?,54+/m1/s1. The maximum Gasteiger partial charge on any atom is 0.293 e. The zero-order chi connectivity index (χ0) is 50.4. The Morgan fingerprint density at radius 2 is 1.77 bits per heavy atom. The molecule has 2 aromatic heterocycles. The van der Waals surface area contributed by atoms with Gasteiger partial charge >= 0.3 is 0 Å². The van der Waals surface area contributed by atoms with Crippen LogP contribution in [0.3, 0.4) is 0 Å². The minimum atomic E-state index is -4.67. The molecule has 5 fully saturated rings. The molecule has 3 saturated heterocycles. The molecule has 4 aliphatic heterocycles. The van der Waals surface area contributed by atoms with E-state index in [0.717, 1.165) is 89.5 Å². The van der Waals surface area contributed by atoms with Crippen LogP contribution >= 0.6 is 0 Å². The van der Waals surface area contributed by atoms with Gasteiger partial charge in [-0.2, -0.15) is 4.98 Å². The fraction of sp³-hybridized carbons (Fsp3) is 0.519. The quantitative estimate of drug-likeness (QED) is 0.0769. The van der Waals surface area contributed by atoms with Crippen LogP contribution in [-0.2, 0) is 25.0 Å². The number of nitrogens with one attached hydrogen (secondary N) is 3. The lowest BCUT2D eigenvalue weighted by molar-refractivity contribution is -0.384. The van der Waals surface area contributed by atoms with Crippen molar-refractivity contribution in [1.82, 2.24) is 19.6 Å². The topological polar surface area (TPSA) is 205 Å². The van der Waals surface area contributed by atoms with Crippen LogP contribution in [-0.4, -0.2) is 116 Å². The molecule has 12 rings (SSSR count). The number of fused-ring (bicyclic) bond motifs is 5. The van der Waals surface area contributed by atoms with Crippen molar-refractivity contribution in [2.75, 3.05) is 67.7 Å². The number of ether oxygens (including phenoxy) is 3. The first kappa shape index (κ1) is 48.1. The number of H-pyrrole nitrogens is 1. The summed E-state index contributed by atoms with van der Waals surface area (Å²) in [5.74, 6) is -0.599. The van der Waals surface area contributed by atoms with Gasteiger partial charge in [0.05, 0.1) is 63.5 Å². The Balaban J connectivity index is 0.829. The lowest BCUT2D eigenvalue weighted by atomic mass is 9.59. The highest BCUT2D eigenvalue weighted by molar-refractivity contribution is 7.90. The summed E-state index contributed by atoms with van der Waals surface area (Å²) in [5.41, 5.74) is 3.90. The second-order valence-electron chi connectivity index (χ2n) is 22.2. The summed E-state index contributed by atoms with van der Waals surface area (Å²) in [6, 6.07) is 19.6. The predicted molar refractivity (Wildman–Crippen MR) is 273 cm³/mol. The summed E-state index contributed by atoms with van der Waals surface area (Å²) in [6.07, 6.45) is 9.21. The number of benzene rings is 3. The number of morpholine rings is 1. The van der Waals surface area contributed by atoms with E-state index in [4.69, 9.17) is 14.2 Å². The number of carbonyl (C=O) groups excluding carboxylic acids is 1. The molecule has 4 N–H and O–H groups in total. The monoisotopic (exact) mass is 1020 g/mol. The molecule has 19 heteroatoms. The van der Waals surface area contributed by atoms with E-state index in [1.54, 1.807) is 12.1 Å². The van der Waals surface area contributed by atoms with E-state index < -0.39 is 55.0 Å². The number of sulfonamides is 1. The normalized spacial score (nSPS) is 28.0. The van der Waals surface area contributed by atoms with Gasteiger partial charge in [-0.1, -0.05) is 31.2 Å². The number of hydrogen-bond acceptors (Lipinski definition) is 14. The average Bonchev–Trinajstić information content (AvgIpc) is 3.88. The van der Waals surface area contributed by atoms with Crippen molar-refractivity contribution in [2.24, 2.45) is 11.3 Å². The van der Waals surface area contributed by atoms with Gasteiger partial charge in [-0.05, 0) is 136 Å². The molecule has 3 aliphatic carbocycles. The van der Waals surface area contributed by atoms with Gasteiger partial charge in [-0.3, -0.25) is 19.8 Å². The molecule has 5 aromatic rings. The number of pyridine rings is 1. The van der Waals surface area contributed by atoms with E-state index >= 15 is 4.39 Å². The van der Waals surface area contributed by atoms with Gasteiger partial charge in [0, 0.05) is 56.8 Å². The molecule has 386 valence electrons. The average molecular weight is 1020 g/mol. The zero-order valence-corrected chi connectivity index (χ0v) is 42.1. The fourth-order valence-corrected chi connectivity index (χ4v) is 14.6. The van der Waals surface area contributed by atoms with Crippen LogP contribution in [0.4, 0.5) is 32.8 Å². The number of aromatic amines is 1. The summed E-state index contributed by atoms with van der Waals surface area (Å²) in [6.45, 7) is 9.12. The van der Waals surface area contributed by atoms with Crippen molar-refractivity contribution >= 4 is 55.4 Å². The number of rotatable bonds is 10. The van der Waals surface area contributed by atoms with Crippen molar-refractivity contribution in [3.63, 3.8) is 0 Å². The first-order valence-corrected chi connectivity index (χ1v) is 27.4. The van der Waals surface area contributed by atoms with Crippen molar-refractivity contribution < 1.29 is 41.8 Å². The molecule has 2 spiro atoms. The van der Waals surface area contributed by atoms with Crippen molar-refractivity contribution in [1.29, 1.82) is 0 Å². The second kappa shape index (κ2) is 18.2. The van der Waals surface area contributed by atoms with Crippen LogP contribution in [0.25, 0.3) is 11.0 Å². The van der Waals surface area contributed by atoms with Gasteiger partial charge in [0.1, 0.15) is 28.9 Å². The Labute approximate surface area is 424 Å². The Hall–Kier alpha value is -5.86. The molecular formula is C54H63FN8O9S. The number of nitro groups is 1. The van der Waals surface area contributed by atoms with E-state index in [0.29, 0.717) is 55.7 Å². The Kier molecular flexibility index (Phi) is 12.0. The number of halogens is 1. The van der Waals surface area contributed by atoms with Crippen LogP contribution in [0.5, 0.6) is 5.88 Å². The van der Waals surface area contributed by atoms with Gasteiger partial charge < -0.3 is 39.4 Å². The Morgan fingerprint density at radius 1 is 0.973 bits per heavy atom. The number of aliphatic hydroxyl groups is 1. The molecule has 0 unspecified atom stereocenters. The molecule has 7 aliphatic rings. The maximum absolute atomic E-state index is 15.3. The van der Waals surface area contributed by atoms with E-state index in [-0.39, 0.29) is 51.6 Å². The number of piperidine rings is 1. The number of nitro benzene ring substituents is 1. The summed E-state index contributed by atoms with van der Waals surface area (Å²) in [5, 5.41) is 26.1. The highest BCUT2D eigenvalue weighted by atomic mass is 32.2. The summed E-state index contributed by atoms with van der Waals surface area (Å²) in [7, 11) is -4.67. The van der Waals surface area contributed by atoms with Crippen molar-refractivity contribution in [3.8, 4) is 5.88 Å². The van der Waals surface area contributed by atoms with Crippen LogP contribution < -0.4 is 24.6 Å². The number of aromatic nitrogens is 2. The summed E-state index contributed by atoms with van der Waals surface area (Å²) < 4.78 is 64.5. The Bertz CT molecular complexity index is 3090. The van der Waals surface area contributed by atoms with E-state index in [9.17, 15) is 28.4 Å². The molecule has 2 saturated carbocycles. The SMILES string of the molecule is C[C@@H]1C[C@]2(COCCN2C2CC3(CCN(c4ccc(C(=O)NS(=O)(=O)c5ccc(NCC6CCC(C)(O)CC6)c([N+](=O)[O-])c5)c(N5c6cc7c(F)c[nH]c7nc6O[C@H]6COCC[C@@H]65)c4)CC3)C2)c2ccccc21. The zero-order valence-electron chi connectivity index (χ0n) is 41.3. The molecule has 3 aromatic carbocycles. The summed E-state index contributed by atoms with van der Waals surface area (Å²) >= 11 is 0. The largest absolute Gasteiger partial charge is 0.468 e. The molecule has 0 radical (unpaired) electrons. The number of anilines is 4. The first-order valence-electron chi connectivity index (χ1n) is 26.0. The molecule has 4 atom stereocenters. The maximum atomic E-state index is 15.3. The minimum absolute atomic E-state index is 0.0249. The first-order chi connectivity index (χ1) is 35.1. The number of amides is 1. The van der Waals surface area contributed by atoms with Gasteiger partial charge in [0.2, 0.25) is 5.88 Å². The molecule has 1 amide bonds. The Morgan fingerprint density at radius 3 is 2.56 bits per heavy atom. The number of nitrogens with zero attached hydrogens (tertiary/aromatic N) is 5. The highest BCUT2D eigenvalue weighted by Crippen LogP contribution is 2.57. The van der Waals surface area contributed by atoms with Crippen LogP contribution in [0.2, 0.25) is 0 Å². The van der Waals surface area contributed by atoms with Crippen LogP contribution in [0, 0.1) is 27.3 Å². The highest BCUT2D eigenvalue weighted by Gasteiger charge is 2.56. The lowest BCUT2D eigenvalue weighted by Gasteiger charge is -2.60. The van der Waals surface area contributed by atoms with Gasteiger partial charge in [-0.15, -0.1) is 0 Å². The van der Waals surface area contributed by atoms with Crippen LogP contribution in [0.1, 0.15) is 105 Å². The van der Waals surface area contributed by atoms with Crippen LogP contribution in [0.15, 0.2) is 77.8 Å². The third kappa shape index (κ3) is 8.57. The van der Waals surface area contributed by atoms with E-state index in [2.05, 4.69) is 61.0 Å². The van der Waals surface area contributed by atoms with Gasteiger partial charge in [-0.25, -0.2) is 17.5 Å². The van der Waals surface area contributed by atoms with E-state index in [1.165, 1.54) is 29.5 Å².